The van der Waals surface area contributed by atoms with Crippen LogP contribution in [-0.2, 0) is 10.0 Å². The summed E-state index contributed by atoms with van der Waals surface area (Å²) >= 11 is 3.32. The van der Waals surface area contributed by atoms with E-state index in [0.717, 1.165) is 17.8 Å². The Morgan fingerprint density at radius 3 is 2.67 bits per heavy atom. The van der Waals surface area contributed by atoms with Crippen LogP contribution in [0.1, 0.15) is 18.9 Å². The molecule has 0 aliphatic heterocycles. The van der Waals surface area contributed by atoms with Crippen LogP contribution in [0.2, 0.25) is 0 Å². The third-order valence-corrected chi connectivity index (χ3v) is 4.69. The lowest BCUT2D eigenvalue weighted by molar-refractivity contribution is 0.531. The average Bonchev–Trinajstić information content (AvgIpc) is 2.26. The average molecular weight is 338 g/mol. The van der Waals surface area contributed by atoms with Crippen molar-refractivity contribution in [3.63, 3.8) is 0 Å². The van der Waals surface area contributed by atoms with E-state index in [2.05, 4.69) is 20.7 Å². The van der Waals surface area contributed by atoms with Gasteiger partial charge >= 0.3 is 0 Å². The fraction of sp³-hybridized carbons (Fsp3) is 0.500. The molecule has 0 saturated carbocycles. The normalized spacial score (nSPS) is 13.6. The van der Waals surface area contributed by atoms with Crippen LogP contribution < -0.4 is 4.72 Å². The number of benzene rings is 1. The van der Waals surface area contributed by atoms with Gasteiger partial charge in [0.25, 0.3) is 0 Å². The van der Waals surface area contributed by atoms with Crippen molar-refractivity contribution in [3.8, 4) is 0 Å². The SMILES string of the molecule is Cc1cc(F)ccc1S(=O)(=O)NCC(C)CCBr. The van der Waals surface area contributed by atoms with Gasteiger partial charge in [-0.25, -0.2) is 17.5 Å². The number of hydrogen-bond donors (Lipinski definition) is 1. The largest absolute Gasteiger partial charge is 0.240 e. The van der Waals surface area contributed by atoms with Gasteiger partial charge in [-0.3, -0.25) is 0 Å². The Kier molecular flexibility index (Phi) is 5.75. The van der Waals surface area contributed by atoms with Gasteiger partial charge in [-0.2, -0.15) is 0 Å². The number of nitrogens with one attached hydrogen (secondary N) is 1. The standard InChI is InChI=1S/C12H17BrFNO2S/c1-9(5-6-13)8-15-18(16,17)12-4-3-11(14)7-10(12)2/h3-4,7,9,15H,5-6,8H2,1-2H3. The van der Waals surface area contributed by atoms with Crippen LogP contribution in [0.15, 0.2) is 23.1 Å². The molecular formula is C12H17BrFNO2S. The van der Waals surface area contributed by atoms with Crippen molar-refractivity contribution in [3.05, 3.63) is 29.6 Å². The first-order chi connectivity index (χ1) is 8.36. The van der Waals surface area contributed by atoms with Crippen molar-refractivity contribution in [2.45, 2.75) is 25.2 Å². The first-order valence-corrected chi connectivity index (χ1v) is 8.29. The first-order valence-electron chi connectivity index (χ1n) is 5.68. The lowest BCUT2D eigenvalue weighted by Gasteiger charge is -2.13. The molecule has 0 saturated heterocycles. The highest BCUT2D eigenvalue weighted by molar-refractivity contribution is 9.09. The maximum Gasteiger partial charge on any atom is 0.240 e. The third kappa shape index (κ3) is 4.33. The predicted molar refractivity (Wildman–Crippen MR) is 73.9 cm³/mol. The monoisotopic (exact) mass is 337 g/mol. The summed E-state index contributed by atoms with van der Waals surface area (Å²) in [5.41, 5.74) is 0.413. The molecule has 0 spiro atoms. The van der Waals surface area contributed by atoms with Crippen LogP contribution in [0.25, 0.3) is 0 Å². The second kappa shape index (κ2) is 6.63. The highest BCUT2D eigenvalue weighted by Crippen LogP contribution is 2.16. The van der Waals surface area contributed by atoms with E-state index in [9.17, 15) is 12.8 Å². The summed E-state index contributed by atoms with van der Waals surface area (Å²) in [7, 11) is -3.55. The second-order valence-corrected chi connectivity index (χ2v) is 6.87. The number of hydrogen-bond acceptors (Lipinski definition) is 2. The molecule has 0 aliphatic rings. The van der Waals surface area contributed by atoms with Crippen LogP contribution in [-0.4, -0.2) is 20.3 Å². The van der Waals surface area contributed by atoms with Crippen LogP contribution in [0, 0.1) is 18.7 Å². The molecule has 0 fully saturated rings. The van der Waals surface area contributed by atoms with E-state index in [1.165, 1.54) is 12.1 Å². The van der Waals surface area contributed by atoms with Crippen molar-refractivity contribution in [1.29, 1.82) is 0 Å². The zero-order chi connectivity index (χ0) is 13.8. The van der Waals surface area contributed by atoms with Crippen molar-refractivity contribution in [1.82, 2.24) is 4.72 Å². The van der Waals surface area contributed by atoms with Crippen molar-refractivity contribution >= 4 is 26.0 Å². The zero-order valence-electron chi connectivity index (χ0n) is 10.4. The molecule has 18 heavy (non-hydrogen) atoms. The second-order valence-electron chi connectivity index (χ2n) is 4.34. The van der Waals surface area contributed by atoms with E-state index < -0.39 is 15.8 Å². The highest BCUT2D eigenvalue weighted by atomic mass is 79.9. The molecule has 1 aromatic rings. The summed E-state index contributed by atoms with van der Waals surface area (Å²) in [5, 5.41) is 0.839. The Labute approximate surface area is 116 Å². The van der Waals surface area contributed by atoms with Crippen molar-refractivity contribution in [2.75, 3.05) is 11.9 Å². The minimum atomic E-state index is -3.55. The smallest absolute Gasteiger partial charge is 0.211 e. The quantitative estimate of drug-likeness (QED) is 0.811. The number of sulfonamides is 1. The topological polar surface area (TPSA) is 46.2 Å². The van der Waals surface area contributed by atoms with Gasteiger partial charge in [-0.15, -0.1) is 0 Å². The molecule has 1 rings (SSSR count). The fourth-order valence-corrected chi connectivity index (χ4v) is 3.70. The summed E-state index contributed by atoms with van der Waals surface area (Å²) in [4.78, 5) is 0.134. The van der Waals surface area contributed by atoms with E-state index >= 15 is 0 Å². The van der Waals surface area contributed by atoms with E-state index in [0.29, 0.717) is 12.1 Å². The maximum atomic E-state index is 12.9. The number of rotatable bonds is 6. The van der Waals surface area contributed by atoms with Gasteiger partial charge in [0.1, 0.15) is 5.82 Å². The number of alkyl halides is 1. The predicted octanol–water partition coefficient (Wildman–Crippen LogP) is 2.83. The Bertz CT molecular complexity index is 505. The Morgan fingerprint density at radius 1 is 1.44 bits per heavy atom. The van der Waals surface area contributed by atoms with Crippen molar-refractivity contribution < 1.29 is 12.8 Å². The third-order valence-electron chi connectivity index (χ3n) is 2.65. The molecule has 0 aromatic heterocycles. The van der Waals surface area contributed by atoms with E-state index in [1.807, 2.05) is 6.92 Å². The molecule has 0 heterocycles. The Balaban J connectivity index is 2.80. The van der Waals surface area contributed by atoms with Gasteiger partial charge in [0.15, 0.2) is 0 Å². The number of halogens is 2. The summed E-state index contributed by atoms with van der Waals surface area (Å²) < 4.78 is 39.5. The van der Waals surface area contributed by atoms with Crippen LogP contribution in [0.5, 0.6) is 0 Å². The Morgan fingerprint density at radius 2 is 2.11 bits per heavy atom. The van der Waals surface area contributed by atoms with Gasteiger partial charge in [0, 0.05) is 11.9 Å². The summed E-state index contributed by atoms with van der Waals surface area (Å²) in [6.07, 6.45) is 0.894. The van der Waals surface area contributed by atoms with Gasteiger partial charge in [0.2, 0.25) is 10.0 Å². The molecule has 1 aromatic carbocycles. The van der Waals surface area contributed by atoms with Gasteiger partial charge < -0.3 is 0 Å². The molecule has 6 heteroatoms. The van der Waals surface area contributed by atoms with Crippen molar-refractivity contribution in [2.24, 2.45) is 5.92 Å². The lowest BCUT2D eigenvalue weighted by Crippen LogP contribution is -2.29. The van der Waals surface area contributed by atoms with E-state index in [1.54, 1.807) is 6.92 Å². The number of aryl methyl sites for hydroxylation is 1. The molecule has 102 valence electrons. The maximum absolute atomic E-state index is 12.9. The molecule has 0 amide bonds. The van der Waals surface area contributed by atoms with Gasteiger partial charge in [0.05, 0.1) is 4.90 Å². The molecule has 3 nitrogen and oxygen atoms in total. The minimum Gasteiger partial charge on any atom is -0.211 e. The molecule has 0 bridgehead atoms. The summed E-state index contributed by atoms with van der Waals surface area (Å²) in [6.45, 7) is 3.94. The molecular weight excluding hydrogens is 321 g/mol. The van der Waals surface area contributed by atoms with Gasteiger partial charge in [-0.1, -0.05) is 22.9 Å². The lowest BCUT2D eigenvalue weighted by atomic mass is 10.1. The summed E-state index contributed by atoms with van der Waals surface area (Å²) in [6, 6.07) is 3.67. The van der Waals surface area contributed by atoms with E-state index in [-0.39, 0.29) is 10.8 Å². The summed E-state index contributed by atoms with van der Waals surface area (Å²) in [5.74, 6) is -0.181. The fourth-order valence-electron chi connectivity index (χ4n) is 1.53. The molecule has 0 aliphatic carbocycles. The first kappa shape index (κ1) is 15.6. The Hall–Kier alpha value is -0.460. The zero-order valence-corrected chi connectivity index (χ0v) is 12.8. The van der Waals surface area contributed by atoms with Gasteiger partial charge in [-0.05, 0) is 43.0 Å². The van der Waals surface area contributed by atoms with Crippen LogP contribution >= 0.6 is 15.9 Å². The molecule has 1 atom stereocenters. The highest BCUT2D eigenvalue weighted by Gasteiger charge is 2.17. The van der Waals surface area contributed by atoms with Crippen LogP contribution in [0.4, 0.5) is 4.39 Å². The molecule has 0 radical (unpaired) electrons. The van der Waals surface area contributed by atoms with E-state index in [4.69, 9.17) is 0 Å². The molecule has 1 unspecified atom stereocenters. The molecule has 1 N–H and O–H groups in total. The van der Waals surface area contributed by atoms with Crippen LogP contribution in [0.3, 0.4) is 0 Å². The minimum absolute atomic E-state index is 0.134.